The molecule has 0 aromatic heterocycles. The van der Waals surface area contributed by atoms with E-state index in [2.05, 4.69) is 5.32 Å². The number of carboxylic acids is 1. The second kappa shape index (κ2) is 10.9. The molecule has 1 heterocycles. The summed E-state index contributed by atoms with van der Waals surface area (Å²) in [6.07, 6.45) is -5.67. The van der Waals surface area contributed by atoms with Crippen LogP contribution in [0.4, 0.5) is 0 Å². The number of aliphatic carboxylic acids is 1. The lowest BCUT2D eigenvalue weighted by Crippen LogP contribution is -2.68. The minimum atomic E-state index is -2.48. The van der Waals surface area contributed by atoms with E-state index in [0.29, 0.717) is 0 Å². The fourth-order valence-electron chi connectivity index (χ4n) is 3.65. The van der Waals surface area contributed by atoms with Gasteiger partial charge in [-0.15, -0.1) is 0 Å². The smallest absolute Gasteiger partial charge is 0.377 e. The van der Waals surface area contributed by atoms with E-state index in [1.54, 1.807) is 12.1 Å². The Bertz CT molecular complexity index is 803. The summed E-state index contributed by atoms with van der Waals surface area (Å²) >= 11 is 0. The molecule has 6 N–H and O–H groups in total. The van der Waals surface area contributed by atoms with Crippen molar-refractivity contribution in [2.24, 2.45) is 0 Å². The predicted octanol–water partition coefficient (Wildman–Crippen LogP) is -0.824. The summed E-state index contributed by atoms with van der Waals surface area (Å²) < 4.78 is 16.6. The Kier molecular flexibility index (Phi) is 8.81. The van der Waals surface area contributed by atoms with Crippen LogP contribution in [0.15, 0.2) is 18.2 Å². The first kappa shape index (κ1) is 25.8. The molecule has 0 radical (unpaired) electrons. The van der Waals surface area contributed by atoms with Gasteiger partial charge in [-0.1, -0.05) is 19.4 Å². The molecule has 0 saturated carbocycles. The summed E-state index contributed by atoms with van der Waals surface area (Å²) in [5.41, 5.74) is 0.941. The van der Waals surface area contributed by atoms with Crippen LogP contribution in [0, 0.1) is 0 Å². The van der Waals surface area contributed by atoms with Crippen molar-refractivity contribution in [3.05, 3.63) is 23.8 Å². The summed E-state index contributed by atoms with van der Waals surface area (Å²) in [5.74, 6) is -4.39. The van der Waals surface area contributed by atoms with E-state index in [9.17, 15) is 35.1 Å². The van der Waals surface area contributed by atoms with Gasteiger partial charge in [-0.3, -0.25) is 4.79 Å². The number of aliphatic hydroxyl groups is 4. The van der Waals surface area contributed by atoms with E-state index in [4.69, 9.17) is 14.2 Å². The third-order valence-corrected chi connectivity index (χ3v) is 5.23. The maximum absolute atomic E-state index is 12.2. The van der Waals surface area contributed by atoms with Crippen molar-refractivity contribution in [3.8, 4) is 11.5 Å². The number of hydrogen-bond donors (Lipinski definition) is 6. The van der Waals surface area contributed by atoms with Gasteiger partial charge in [0.2, 0.25) is 5.91 Å². The first-order valence-corrected chi connectivity index (χ1v) is 10.3. The van der Waals surface area contributed by atoms with Gasteiger partial charge in [0.15, 0.2) is 11.5 Å². The van der Waals surface area contributed by atoms with Crippen LogP contribution < -0.4 is 14.8 Å². The molecule has 6 unspecified atom stereocenters. The van der Waals surface area contributed by atoms with Gasteiger partial charge in [0, 0.05) is 6.92 Å². The molecule has 1 amide bonds. The van der Waals surface area contributed by atoms with Crippen LogP contribution >= 0.6 is 0 Å². The highest BCUT2D eigenvalue weighted by molar-refractivity contribution is 5.77. The largest absolute Gasteiger partial charge is 0.493 e. The molecule has 1 aromatic rings. The first-order chi connectivity index (χ1) is 15.1. The summed E-state index contributed by atoms with van der Waals surface area (Å²) in [7, 11) is 1.39. The number of carboxylic acid groups (broad SMARTS) is 1. The number of carbonyl (C=O) groups excluding carboxylic acids is 1. The molecule has 2 rings (SSSR count). The second-order valence-corrected chi connectivity index (χ2v) is 7.72. The number of amides is 1. The minimum Gasteiger partial charge on any atom is -0.493 e. The molecule has 1 aromatic carbocycles. The van der Waals surface area contributed by atoms with Crippen LogP contribution in [0.3, 0.4) is 0 Å². The van der Waals surface area contributed by atoms with Gasteiger partial charge in [0.1, 0.15) is 18.3 Å². The van der Waals surface area contributed by atoms with Crippen molar-refractivity contribution in [2.45, 2.75) is 69.4 Å². The van der Waals surface area contributed by atoms with Gasteiger partial charge in [0.25, 0.3) is 0 Å². The zero-order valence-corrected chi connectivity index (χ0v) is 18.2. The highest BCUT2D eigenvalue weighted by Gasteiger charge is 2.57. The zero-order chi connectivity index (χ0) is 24.1. The average molecular weight is 457 g/mol. The molecule has 180 valence electrons. The Hall–Kier alpha value is -2.44. The van der Waals surface area contributed by atoms with Crippen molar-refractivity contribution in [1.29, 1.82) is 0 Å². The number of hydrogen-bond acceptors (Lipinski definition) is 9. The monoisotopic (exact) mass is 457 g/mol. The SMILES string of the molecule is CCCc1ccc(OC2(C(=O)O)CC(O)C(NC(C)=O)C(C(O)C(O)CO)O2)c(OC)c1. The predicted molar refractivity (Wildman–Crippen MR) is 110 cm³/mol. The molecule has 32 heavy (non-hydrogen) atoms. The summed E-state index contributed by atoms with van der Waals surface area (Å²) in [4.78, 5) is 23.8. The second-order valence-electron chi connectivity index (χ2n) is 7.72. The Balaban J connectivity index is 2.46. The maximum Gasteiger partial charge on any atom is 0.377 e. The van der Waals surface area contributed by atoms with Gasteiger partial charge in [-0.2, -0.15) is 0 Å². The highest BCUT2D eigenvalue weighted by Crippen LogP contribution is 2.38. The van der Waals surface area contributed by atoms with Gasteiger partial charge >= 0.3 is 11.8 Å². The van der Waals surface area contributed by atoms with Gasteiger partial charge < -0.3 is 45.1 Å². The molecule has 1 aliphatic heterocycles. The third kappa shape index (κ3) is 5.67. The quantitative estimate of drug-likeness (QED) is 0.260. The molecule has 1 aliphatic rings. The maximum atomic E-state index is 12.2. The fourth-order valence-corrected chi connectivity index (χ4v) is 3.65. The molecule has 0 aliphatic carbocycles. The number of methoxy groups -OCH3 is 1. The van der Waals surface area contributed by atoms with Crippen molar-refractivity contribution in [1.82, 2.24) is 5.32 Å². The lowest BCUT2D eigenvalue weighted by atomic mass is 9.88. The summed E-state index contributed by atoms with van der Waals surface area (Å²) in [5, 5.41) is 52.6. The number of rotatable bonds is 10. The topological polar surface area (TPSA) is 175 Å². The van der Waals surface area contributed by atoms with E-state index in [1.807, 2.05) is 6.92 Å². The number of aryl methyl sites for hydroxylation is 1. The molecular formula is C21H31NO10. The molecule has 11 nitrogen and oxygen atoms in total. The summed E-state index contributed by atoms with van der Waals surface area (Å²) in [6.45, 7) is 2.31. The van der Waals surface area contributed by atoms with Crippen molar-refractivity contribution < 1.29 is 49.3 Å². The van der Waals surface area contributed by atoms with Crippen LogP contribution in [-0.2, 0) is 20.7 Å². The Morgan fingerprint density at radius 3 is 2.53 bits per heavy atom. The van der Waals surface area contributed by atoms with Gasteiger partial charge in [0.05, 0.1) is 32.3 Å². The van der Waals surface area contributed by atoms with Crippen LogP contribution in [0.2, 0.25) is 0 Å². The Morgan fingerprint density at radius 1 is 1.31 bits per heavy atom. The third-order valence-electron chi connectivity index (χ3n) is 5.23. The van der Waals surface area contributed by atoms with Crippen LogP contribution in [0.1, 0.15) is 32.3 Å². The first-order valence-electron chi connectivity index (χ1n) is 10.3. The van der Waals surface area contributed by atoms with Crippen molar-refractivity contribution in [3.63, 3.8) is 0 Å². The number of benzene rings is 1. The van der Waals surface area contributed by atoms with E-state index in [-0.39, 0.29) is 11.5 Å². The molecule has 1 fully saturated rings. The Labute approximate surface area is 185 Å². The van der Waals surface area contributed by atoms with Gasteiger partial charge in [-0.25, -0.2) is 4.79 Å². The van der Waals surface area contributed by atoms with Gasteiger partial charge in [-0.05, 0) is 24.1 Å². The van der Waals surface area contributed by atoms with Crippen molar-refractivity contribution in [2.75, 3.05) is 13.7 Å². The van der Waals surface area contributed by atoms with Crippen molar-refractivity contribution >= 4 is 11.9 Å². The van der Waals surface area contributed by atoms with Crippen LogP contribution in [0.5, 0.6) is 11.5 Å². The van der Waals surface area contributed by atoms with E-state index in [0.717, 1.165) is 25.3 Å². The molecule has 1 saturated heterocycles. The lowest BCUT2D eigenvalue weighted by Gasteiger charge is -2.46. The molecule has 0 bridgehead atoms. The molecule has 0 spiro atoms. The highest BCUT2D eigenvalue weighted by atomic mass is 16.7. The molecular weight excluding hydrogens is 426 g/mol. The lowest BCUT2D eigenvalue weighted by molar-refractivity contribution is -0.284. The van der Waals surface area contributed by atoms with E-state index >= 15 is 0 Å². The zero-order valence-electron chi connectivity index (χ0n) is 18.2. The summed E-state index contributed by atoms with van der Waals surface area (Å²) in [6, 6.07) is 3.67. The van der Waals surface area contributed by atoms with E-state index in [1.165, 1.54) is 13.2 Å². The number of nitrogens with one attached hydrogen (secondary N) is 1. The van der Waals surface area contributed by atoms with Crippen LogP contribution in [0.25, 0.3) is 0 Å². The number of aliphatic hydroxyl groups excluding tert-OH is 4. The molecule has 6 atom stereocenters. The molecule has 11 heteroatoms. The number of ether oxygens (including phenoxy) is 3. The fraction of sp³-hybridized carbons (Fsp3) is 0.619. The van der Waals surface area contributed by atoms with E-state index < -0.39 is 61.1 Å². The normalized spacial score (nSPS) is 27.3. The minimum absolute atomic E-state index is 0.0240. The number of carbonyl (C=O) groups is 2. The standard InChI is InChI=1S/C21H31NO10/c1-4-5-12-6-7-15(16(8-12)30-3)31-21(20(28)29)9-13(25)17(22-11(2)24)19(32-21)18(27)14(26)10-23/h6-8,13-14,17-19,23,25-27H,4-5,9-10H2,1-3H3,(H,22,24)(H,28,29). The Morgan fingerprint density at radius 2 is 2.00 bits per heavy atom. The van der Waals surface area contributed by atoms with Crippen LogP contribution in [-0.4, -0.2) is 87.4 Å². The average Bonchev–Trinajstić information content (AvgIpc) is 2.75.